The lowest BCUT2D eigenvalue weighted by molar-refractivity contribution is -0.137. The molecule has 164 valence electrons. The minimum atomic E-state index is -4.52. The molecule has 0 radical (unpaired) electrons. The van der Waals surface area contributed by atoms with Crippen LogP contribution in [-0.4, -0.2) is 31.6 Å². The molecule has 2 aromatic carbocycles. The molecule has 1 fully saturated rings. The fourth-order valence-corrected chi connectivity index (χ4v) is 3.70. The van der Waals surface area contributed by atoms with Crippen LogP contribution in [0.15, 0.2) is 36.4 Å². The molecule has 10 heteroatoms. The van der Waals surface area contributed by atoms with Gasteiger partial charge in [0.25, 0.3) is 0 Å². The maximum Gasteiger partial charge on any atom is 0.416 e. The lowest BCUT2D eigenvalue weighted by Gasteiger charge is -2.18. The van der Waals surface area contributed by atoms with Gasteiger partial charge in [-0.3, -0.25) is 9.59 Å². The van der Waals surface area contributed by atoms with E-state index >= 15 is 0 Å². The standard InChI is InChI=1S/C21H18ClF3N2O4/c22-15-9-17-18(31-6-2-5-30-17)10-16(15)26-20(29)12-7-19(28)27(11-12)14-4-1-3-13(8-14)21(23,24)25/h1,3-4,8-10,12H,2,5-7,11H2,(H,26,29). The molecule has 1 atom stereocenters. The van der Waals surface area contributed by atoms with Crippen LogP contribution in [0.1, 0.15) is 18.4 Å². The monoisotopic (exact) mass is 454 g/mol. The summed E-state index contributed by atoms with van der Waals surface area (Å²) in [5.74, 6) is -0.699. The van der Waals surface area contributed by atoms with Gasteiger partial charge in [0, 0.05) is 37.2 Å². The van der Waals surface area contributed by atoms with Gasteiger partial charge in [-0.15, -0.1) is 0 Å². The Labute approximate surface area is 180 Å². The van der Waals surface area contributed by atoms with Crippen molar-refractivity contribution in [3.8, 4) is 11.5 Å². The van der Waals surface area contributed by atoms with Crippen molar-refractivity contribution in [1.29, 1.82) is 0 Å². The molecule has 31 heavy (non-hydrogen) atoms. The van der Waals surface area contributed by atoms with E-state index in [1.807, 2.05) is 0 Å². The number of rotatable bonds is 3. The van der Waals surface area contributed by atoms with Crippen molar-refractivity contribution in [3.05, 3.63) is 47.0 Å². The first-order valence-electron chi connectivity index (χ1n) is 9.60. The van der Waals surface area contributed by atoms with E-state index in [4.69, 9.17) is 21.1 Å². The van der Waals surface area contributed by atoms with E-state index in [0.29, 0.717) is 36.8 Å². The van der Waals surface area contributed by atoms with E-state index in [9.17, 15) is 22.8 Å². The Hall–Kier alpha value is -2.94. The van der Waals surface area contributed by atoms with Crippen LogP contribution in [0.4, 0.5) is 24.5 Å². The number of amides is 2. The number of nitrogens with zero attached hydrogens (tertiary/aromatic N) is 1. The normalized spacial score (nSPS) is 18.6. The number of halogens is 4. The van der Waals surface area contributed by atoms with E-state index in [-0.39, 0.29) is 23.7 Å². The average molecular weight is 455 g/mol. The molecular weight excluding hydrogens is 437 g/mol. The maximum atomic E-state index is 13.0. The Balaban J connectivity index is 1.49. The van der Waals surface area contributed by atoms with Gasteiger partial charge in [0.05, 0.1) is 35.4 Å². The number of carbonyl (C=O) groups excluding carboxylic acids is 2. The lowest BCUT2D eigenvalue weighted by Crippen LogP contribution is -2.28. The SMILES string of the molecule is O=C(Nc1cc2c(cc1Cl)OCCCO2)C1CC(=O)N(c2cccc(C(F)(F)F)c2)C1. The summed E-state index contributed by atoms with van der Waals surface area (Å²) in [4.78, 5) is 26.3. The minimum Gasteiger partial charge on any atom is -0.490 e. The summed E-state index contributed by atoms with van der Waals surface area (Å²) in [7, 11) is 0. The molecule has 2 aliphatic rings. The first-order valence-corrected chi connectivity index (χ1v) is 9.98. The molecule has 6 nitrogen and oxygen atoms in total. The van der Waals surface area contributed by atoms with Crippen molar-refractivity contribution in [2.45, 2.75) is 19.0 Å². The van der Waals surface area contributed by atoms with Crippen LogP contribution in [0.3, 0.4) is 0 Å². The van der Waals surface area contributed by atoms with Crippen molar-refractivity contribution in [3.63, 3.8) is 0 Å². The maximum absolute atomic E-state index is 13.0. The molecule has 4 rings (SSSR count). The second kappa shape index (κ2) is 8.30. The molecule has 1 N–H and O–H groups in total. The number of alkyl halides is 3. The summed E-state index contributed by atoms with van der Waals surface area (Å²) in [5, 5.41) is 2.93. The zero-order valence-electron chi connectivity index (χ0n) is 16.2. The summed E-state index contributed by atoms with van der Waals surface area (Å²) < 4.78 is 50.1. The topological polar surface area (TPSA) is 67.9 Å². The predicted molar refractivity (Wildman–Crippen MR) is 108 cm³/mol. The highest BCUT2D eigenvalue weighted by Crippen LogP contribution is 2.38. The van der Waals surface area contributed by atoms with Crippen molar-refractivity contribution in [1.82, 2.24) is 0 Å². The fraction of sp³-hybridized carbons (Fsp3) is 0.333. The highest BCUT2D eigenvalue weighted by Gasteiger charge is 2.37. The van der Waals surface area contributed by atoms with Crippen LogP contribution < -0.4 is 19.7 Å². The fourth-order valence-electron chi connectivity index (χ4n) is 3.50. The Morgan fingerprint density at radius 1 is 1.13 bits per heavy atom. The van der Waals surface area contributed by atoms with Gasteiger partial charge in [-0.25, -0.2) is 0 Å². The smallest absolute Gasteiger partial charge is 0.416 e. The highest BCUT2D eigenvalue weighted by atomic mass is 35.5. The van der Waals surface area contributed by atoms with Crippen LogP contribution in [0.5, 0.6) is 11.5 Å². The average Bonchev–Trinajstić information content (AvgIpc) is 2.97. The number of fused-ring (bicyclic) bond motifs is 1. The Kier molecular flexibility index (Phi) is 5.70. The molecule has 0 bridgehead atoms. The molecule has 2 amide bonds. The highest BCUT2D eigenvalue weighted by molar-refractivity contribution is 6.34. The zero-order chi connectivity index (χ0) is 22.2. The Bertz CT molecular complexity index is 1030. The summed E-state index contributed by atoms with van der Waals surface area (Å²) in [5.41, 5.74) is -0.450. The van der Waals surface area contributed by atoms with Crippen molar-refractivity contribution < 1.29 is 32.2 Å². The molecule has 2 heterocycles. The van der Waals surface area contributed by atoms with Crippen molar-refractivity contribution >= 4 is 34.8 Å². The minimum absolute atomic E-state index is 0.0336. The van der Waals surface area contributed by atoms with Gasteiger partial charge in [-0.1, -0.05) is 17.7 Å². The van der Waals surface area contributed by atoms with Gasteiger partial charge >= 0.3 is 6.18 Å². The number of carbonyl (C=O) groups is 2. The van der Waals surface area contributed by atoms with E-state index < -0.39 is 29.5 Å². The van der Waals surface area contributed by atoms with Gasteiger partial charge in [-0.05, 0) is 18.2 Å². The zero-order valence-corrected chi connectivity index (χ0v) is 16.9. The van der Waals surface area contributed by atoms with E-state index in [1.165, 1.54) is 17.0 Å². The lowest BCUT2D eigenvalue weighted by atomic mass is 10.1. The number of nitrogens with one attached hydrogen (secondary N) is 1. The Morgan fingerprint density at radius 3 is 2.55 bits per heavy atom. The molecule has 0 spiro atoms. The summed E-state index contributed by atoms with van der Waals surface area (Å²) >= 11 is 6.24. The molecule has 0 saturated carbocycles. The summed E-state index contributed by atoms with van der Waals surface area (Å²) in [6.45, 7) is 0.920. The van der Waals surface area contributed by atoms with E-state index in [0.717, 1.165) is 12.1 Å². The second-order valence-electron chi connectivity index (χ2n) is 7.27. The first-order chi connectivity index (χ1) is 14.7. The molecule has 2 aliphatic heterocycles. The molecule has 0 aliphatic carbocycles. The molecule has 1 unspecified atom stereocenters. The van der Waals surface area contributed by atoms with Crippen LogP contribution in [-0.2, 0) is 15.8 Å². The van der Waals surface area contributed by atoms with Gasteiger partial charge < -0.3 is 19.7 Å². The van der Waals surface area contributed by atoms with Crippen molar-refractivity contribution in [2.24, 2.45) is 5.92 Å². The van der Waals surface area contributed by atoms with Crippen LogP contribution in [0.25, 0.3) is 0 Å². The number of hydrogen-bond acceptors (Lipinski definition) is 4. The molecular formula is C21H18ClF3N2O4. The number of hydrogen-bond donors (Lipinski definition) is 1. The third-order valence-corrected chi connectivity index (χ3v) is 5.39. The third kappa shape index (κ3) is 4.56. The van der Waals surface area contributed by atoms with Crippen molar-refractivity contribution in [2.75, 3.05) is 30.0 Å². The molecule has 0 aromatic heterocycles. The van der Waals surface area contributed by atoms with E-state index in [2.05, 4.69) is 5.32 Å². The number of anilines is 2. The Morgan fingerprint density at radius 2 is 1.84 bits per heavy atom. The van der Waals surface area contributed by atoms with Gasteiger partial charge in [0.15, 0.2) is 11.5 Å². The number of ether oxygens (including phenoxy) is 2. The largest absolute Gasteiger partial charge is 0.490 e. The van der Waals surface area contributed by atoms with Gasteiger partial charge in [0.1, 0.15) is 0 Å². The van der Waals surface area contributed by atoms with Crippen LogP contribution in [0.2, 0.25) is 5.02 Å². The van der Waals surface area contributed by atoms with Crippen LogP contribution >= 0.6 is 11.6 Å². The summed E-state index contributed by atoms with van der Waals surface area (Å²) in [6, 6.07) is 7.58. The van der Waals surface area contributed by atoms with Gasteiger partial charge in [-0.2, -0.15) is 13.2 Å². The van der Waals surface area contributed by atoms with E-state index in [1.54, 1.807) is 12.1 Å². The first kappa shape index (κ1) is 21.3. The molecule has 2 aromatic rings. The quantitative estimate of drug-likeness (QED) is 0.741. The van der Waals surface area contributed by atoms with Gasteiger partial charge in [0.2, 0.25) is 11.8 Å². The third-order valence-electron chi connectivity index (χ3n) is 5.08. The number of benzene rings is 2. The molecule has 1 saturated heterocycles. The summed E-state index contributed by atoms with van der Waals surface area (Å²) in [6.07, 6.45) is -3.93. The predicted octanol–water partition coefficient (Wildman–Crippen LogP) is 4.51. The van der Waals surface area contributed by atoms with Crippen LogP contribution in [0, 0.1) is 5.92 Å². The second-order valence-corrected chi connectivity index (χ2v) is 7.68.